The molecule has 1 aliphatic heterocycles. The first-order valence-corrected chi connectivity index (χ1v) is 8.61. The van der Waals surface area contributed by atoms with Gasteiger partial charge in [-0.25, -0.2) is 4.79 Å². The molecule has 1 fully saturated rings. The number of amides is 2. The Balaban J connectivity index is 1.58. The molecule has 0 bridgehead atoms. The van der Waals surface area contributed by atoms with Crippen molar-refractivity contribution in [3.8, 4) is 0 Å². The van der Waals surface area contributed by atoms with Gasteiger partial charge in [-0.3, -0.25) is 9.58 Å². The Hall–Kier alpha value is -2.38. The molecule has 2 amide bonds. The van der Waals surface area contributed by atoms with E-state index >= 15 is 0 Å². The molecule has 7 nitrogen and oxygen atoms in total. The van der Waals surface area contributed by atoms with Crippen LogP contribution in [-0.4, -0.2) is 45.0 Å². The number of aliphatic hydroxyl groups excluding tert-OH is 1. The molecule has 0 unspecified atom stereocenters. The zero-order valence-electron chi connectivity index (χ0n) is 14.5. The molecule has 1 aromatic carbocycles. The second-order valence-electron chi connectivity index (χ2n) is 6.43. The highest BCUT2D eigenvalue weighted by Gasteiger charge is 2.24. The number of anilines is 1. The van der Waals surface area contributed by atoms with E-state index in [9.17, 15) is 9.90 Å². The maximum Gasteiger partial charge on any atom is 0.319 e. The van der Waals surface area contributed by atoms with Crippen LogP contribution in [0.2, 0.25) is 0 Å². The van der Waals surface area contributed by atoms with Crippen LogP contribution in [0.25, 0.3) is 0 Å². The first-order valence-electron chi connectivity index (χ1n) is 8.61. The molecule has 25 heavy (non-hydrogen) atoms. The van der Waals surface area contributed by atoms with Crippen LogP contribution in [0.3, 0.4) is 0 Å². The largest absolute Gasteiger partial charge is 0.395 e. The Labute approximate surface area is 147 Å². The average Bonchev–Trinajstić information content (AvgIpc) is 3.22. The first-order chi connectivity index (χ1) is 12.2. The fourth-order valence-electron chi connectivity index (χ4n) is 3.25. The maximum atomic E-state index is 12.0. The quantitative estimate of drug-likeness (QED) is 0.745. The summed E-state index contributed by atoms with van der Waals surface area (Å²) in [5.41, 5.74) is 2.94. The number of rotatable bonds is 6. The predicted molar refractivity (Wildman–Crippen MR) is 96.0 cm³/mol. The molecule has 1 aromatic heterocycles. The fraction of sp³-hybridized carbons (Fsp3) is 0.444. The van der Waals surface area contributed by atoms with Gasteiger partial charge in [-0.2, -0.15) is 5.10 Å². The van der Waals surface area contributed by atoms with Gasteiger partial charge in [-0.05, 0) is 30.5 Å². The van der Waals surface area contributed by atoms with Crippen molar-refractivity contribution < 1.29 is 9.90 Å². The Bertz CT molecular complexity index is 715. The topological polar surface area (TPSA) is 82.4 Å². The molecule has 1 aliphatic rings. The number of carbonyl (C=O) groups is 1. The van der Waals surface area contributed by atoms with Crippen LogP contribution >= 0.6 is 0 Å². The summed E-state index contributed by atoms with van der Waals surface area (Å²) in [7, 11) is 1.80. The number of aliphatic hydroxyl groups is 1. The van der Waals surface area contributed by atoms with Crippen LogP contribution in [0.5, 0.6) is 0 Å². The summed E-state index contributed by atoms with van der Waals surface area (Å²) in [5, 5.41) is 19.2. The molecular formula is C18H25N5O2. The standard InChI is InChI=1S/C18H25N5O2/c1-22-12-16(10-20-22)21-18(25)19-9-14-5-2-3-6-15(14)11-23-8-4-7-17(23)13-24/h2-3,5-6,10,12,17,24H,4,7-9,11,13H2,1H3,(H2,19,21,25)/t17-/m0/s1. The van der Waals surface area contributed by atoms with Gasteiger partial charge in [0.2, 0.25) is 0 Å². The van der Waals surface area contributed by atoms with Crippen molar-refractivity contribution in [3.63, 3.8) is 0 Å². The van der Waals surface area contributed by atoms with Crippen LogP contribution in [0.1, 0.15) is 24.0 Å². The number of carbonyl (C=O) groups excluding carboxylic acids is 1. The Morgan fingerprint density at radius 1 is 1.36 bits per heavy atom. The summed E-state index contributed by atoms with van der Waals surface area (Å²) in [6.07, 6.45) is 5.52. The zero-order valence-corrected chi connectivity index (χ0v) is 14.5. The van der Waals surface area contributed by atoms with Gasteiger partial charge in [0, 0.05) is 32.4 Å². The third kappa shape index (κ3) is 4.58. The summed E-state index contributed by atoms with van der Waals surface area (Å²) < 4.78 is 1.64. The van der Waals surface area contributed by atoms with Gasteiger partial charge < -0.3 is 15.7 Å². The van der Waals surface area contributed by atoms with Crippen molar-refractivity contribution >= 4 is 11.7 Å². The van der Waals surface area contributed by atoms with E-state index in [0.29, 0.717) is 12.2 Å². The van der Waals surface area contributed by atoms with Gasteiger partial charge in [-0.15, -0.1) is 0 Å². The summed E-state index contributed by atoms with van der Waals surface area (Å²) in [6, 6.07) is 8.10. The highest BCUT2D eigenvalue weighted by atomic mass is 16.3. The monoisotopic (exact) mass is 343 g/mol. The summed E-state index contributed by atoms with van der Waals surface area (Å²) in [4.78, 5) is 14.4. The van der Waals surface area contributed by atoms with E-state index in [0.717, 1.165) is 31.5 Å². The Morgan fingerprint density at radius 3 is 2.88 bits per heavy atom. The zero-order chi connectivity index (χ0) is 17.6. The lowest BCUT2D eigenvalue weighted by Crippen LogP contribution is -2.32. The Kier molecular flexibility index (Phi) is 5.67. The number of hydrogen-bond acceptors (Lipinski definition) is 4. The highest BCUT2D eigenvalue weighted by molar-refractivity contribution is 5.88. The molecule has 0 spiro atoms. The normalized spacial score (nSPS) is 17.6. The summed E-state index contributed by atoms with van der Waals surface area (Å²) in [6.45, 7) is 2.47. The van der Waals surface area contributed by atoms with E-state index in [2.05, 4.69) is 26.7 Å². The summed E-state index contributed by atoms with van der Waals surface area (Å²) >= 11 is 0. The number of aryl methyl sites for hydroxylation is 1. The van der Waals surface area contributed by atoms with E-state index in [4.69, 9.17) is 0 Å². The van der Waals surface area contributed by atoms with Crippen molar-refractivity contribution in [1.29, 1.82) is 0 Å². The third-order valence-corrected chi connectivity index (χ3v) is 4.60. The van der Waals surface area contributed by atoms with E-state index < -0.39 is 0 Å². The number of nitrogens with one attached hydrogen (secondary N) is 2. The predicted octanol–water partition coefficient (Wildman–Crippen LogP) is 1.70. The molecular weight excluding hydrogens is 318 g/mol. The second-order valence-corrected chi connectivity index (χ2v) is 6.43. The molecule has 2 heterocycles. The van der Waals surface area contributed by atoms with Crippen molar-refractivity contribution in [2.24, 2.45) is 7.05 Å². The first kappa shape index (κ1) is 17.4. The van der Waals surface area contributed by atoms with Gasteiger partial charge in [0.25, 0.3) is 0 Å². The van der Waals surface area contributed by atoms with E-state index in [-0.39, 0.29) is 18.7 Å². The van der Waals surface area contributed by atoms with Crippen molar-refractivity contribution in [2.75, 3.05) is 18.5 Å². The fourth-order valence-corrected chi connectivity index (χ4v) is 3.25. The lowest BCUT2D eigenvalue weighted by molar-refractivity contribution is 0.153. The number of nitrogens with zero attached hydrogens (tertiary/aromatic N) is 3. The molecule has 2 aromatic rings. The lowest BCUT2D eigenvalue weighted by atomic mass is 10.1. The smallest absolute Gasteiger partial charge is 0.319 e. The van der Waals surface area contributed by atoms with Crippen molar-refractivity contribution in [2.45, 2.75) is 32.0 Å². The molecule has 1 atom stereocenters. The number of urea groups is 1. The minimum Gasteiger partial charge on any atom is -0.395 e. The highest BCUT2D eigenvalue weighted by Crippen LogP contribution is 2.21. The maximum absolute atomic E-state index is 12.0. The molecule has 0 aliphatic carbocycles. The van der Waals surface area contributed by atoms with Crippen LogP contribution in [0.4, 0.5) is 10.5 Å². The Morgan fingerprint density at radius 2 is 2.16 bits per heavy atom. The molecule has 0 radical (unpaired) electrons. The van der Waals surface area contributed by atoms with E-state index in [1.54, 1.807) is 24.1 Å². The summed E-state index contributed by atoms with van der Waals surface area (Å²) in [5.74, 6) is 0. The molecule has 7 heteroatoms. The minimum atomic E-state index is -0.253. The van der Waals surface area contributed by atoms with E-state index in [1.165, 1.54) is 5.56 Å². The molecule has 0 saturated carbocycles. The minimum absolute atomic E-state index is 0.202. The van der Waals surface area contributed by atoms with Gasteiger partial charge >= 0.3 is 6.03 Å². The SMILES string of the molecule is Cn1cc(NC(=O)NCc2ccccc2CN2CCC[C@H]2CO)cn1. The van der Waals surface area contributed by atoms with Crippen molar-refractivity contribution in [1.82, 2.24) is 20.0 Å². The van der Waals surface area contributed by atoms with Gasteiger partial charge in [0.15, 0.2) is 0 Å². The number of benzene rings is 1. The van der Waals surface area contributed by atoms with E-state index in [1.807, 2.05) is 18.2 Å². The second kappa shape index (κ2) is 8.13. The van der Waals surface area contributed by atoms with Crippen LogP contribution in [0, 0.1) is 0 Å². The van der Waals surface area contributed by atoms with Gasteiger partial charge in [-0.1, -0.05) is 24.3 Å². The molecule has 134 valence electrons. The van der Waals surface area contributed by atoms with Crippen LogP contribution < -0.4 is 10.6 Å². The lowest BCUT2D eigenvalue weighted by Gasteiger charge is -2.24. The van der Waals surface area contributed by atoms with Crippen LogP contribution in [0.15, 0.2) is 36.7 Å². The number of aromatic nitrogens is 2. The average molecular weight is 343 g/mol. The number of hydrogen-bond donors (Lipinski definition) is 3. The van der Waals surface area contributed by atoms with Crippen molar-refractivity contribution in [3.05, 3.63) is 47.8 Å². The van der Waals surface area contributed by atoms with Gasteiger partial charge in [0.05, 0.1) is 18.5 Å². The van der Waals surface area contributed by atoms with Gasteiger partial charge in [0.1, 0.15) is 0 Å². The molecule has 3 rings (SSSR count). The number of likely N-dealkylation sites (tertiary alicyclic amines) is 1. The molecule has 1 saturated heterocycles. The van der Waals surface area contributed by atoms with Crippen LogP contribution in [-0.2, 0) is 20.1 Å². The third-order valence-electron chi connectivity index (χ3n) is 4.60. The molecule has 3 N–H and O–H groups in total.